The Labute approximate surface area is 61.7 Å². The first-order chi connectivity index (χ1) is 5.22. The van der Waals surface area contributed by atoms with Gasteiger partial charge in [0.25, 0.3) is 0 Å². The molecule has 0 aliphatic heterocycles. The molecule has 1 rings (SSSR count). The molecule has 5 nitrogen and oxygen atoms in total. The fraction of sp³-hybridized carbons (Fsp3) is 0. The van der Waals surface area contributed by atoms with E-state index in [0.717, 1.165) is 0 Å². The third-order valence-electron chi connectivity index (χ3n) is 0.963. The van der Waals surface area contributed by atoms with Gasteiger partial charge < -0.3 is 5.11 Å². The molecule has 1 aromatic rings. The summed E-state index contributed by atoms with van der Waals surface area (Å²) >= 11 is 0. The minimum absolute atomic E-state index is 0.292. The number of carboxylic acids is 1. The van der Waals surface area contributed by atoms with Gasteiger partial charge in [-0.2, -0.15) is 0 Å². The van der Waals surface area contributed by atoms with Gasteiger partial charge in [0.15, 0.2) is 0 Å². The molecule has 0 amide bonds. The molecular weight excluding hydrogens is 148 g/mol. The van der Waals surface area contributed by atoms with Crippen molar-refractivity contribution in [2.45, 2.75) is 0 Å². The van der Waals surface area contributed by atoms with Gasteiger partial charge in [-0.3, -0.25) is 4.79 Å². The summed E-state index contributed by atoms with van der Waals surface area (Å²) in [5.41, 5.74) is 0. The Hall–Kier alpha value is -1.78. The number of aliphatic carboxylic acids is 1. The van der Waals surface area contributed by atoms with Crippen molar-refractivity contribution in [3.05, 3.63) is 24.3 Å². The summed E-state index contributed by atoms with van der Waals surface area (Å²) in [7, 11) is 0. The van der Waals surface area contributed by atoms with Gasteiger partial charge in [0.1, 0.15) is 0 Å². The van der Waals surface area contributed by atoms with Crippen LogP contribution in [0.1, 0.15) is 10.6 Å². The van der Waals surface area contributed by atoms with Gasteiger partial charge in [-0.05, 0) is 6.07 Å². The lowest BCUT2D eigenvalue weighted by Gasteiger charge is -1.89. The van der Waals surface area contributed by atoms with Crippen molar-refractivity contribution in [2.75, 3.05) is 0 Å². The monoisotopic (exact) mass is 152 g/mol. The standard InChI is InChI=1S/C6H4N2O3/c9-4(6(10)11)5-7-2-1-3-8-5/h1-3H,(H,10,11). The van der Waals surface area contributed by atoms with Crippen molar-refractivity contribution in [3.8, 4) is 0 Å². The van der Waals surface area contributed by atoms with Gasteiger partial charge in [0, 0.05) is 12.4 Å². The van der Waals surface area contributed by atoms with Crippen LogP contribution in [0.15, 0.2) is 18.5 Å². The van der Waals surface area contributed by atoms with E-state index in [9.17, 15) is 9.59 Å². The van der Waals surface area contributed by atoms with Crippen LogP contribution in [0.4, 0.5) is 0 Å². The summed E-state index contributed by atoms with van der Waals surface area (Å²) < 4.78 is 0. The molecule has 0 fully saturated rings. The van der Waals surface area contributed by atoms with E-state index in [0.29, 0.717) is 0 Å². The molecule has 1 heterocycles. The van der Waals surface area contributed by atoms with Crippen LogP contribution >= 0.6 is 0 Å². The van der Waals surface area contributed by atoms with Gasteiger partial charge >= 0.3 is 11.8 Å². The number of hydrogen-bond acceptors (Lipinski definition) is 4. The van der Waals surface area contributed by atoms with Crippen molar-refractivity contribution >= 4 is 11.8 Å². The minimum Gasteiger partial charge on any atom is -0.475 e. The van der Waals surface area contributed by atoms with Crippen molar-refractivity contribution in [1.82, 2.24) is 9.97 Å². The fourth-order valence-electron chi connectivity index (χ4n) is 0.512. The predicted octanol–water partition coefficient (Wildman–Crippen LogP) is -0.256. The van der Waals surface area contributed by atoms with Gasteiger partial charge in [-0.25, -0.2) is 14.8 Å². The number of rotatable bonds is 2. The first-order valence-electron chi connectivity index (χ1n) is 2.76. The van der Waals surface area contributed by atoms with Crippen LogP contribution in [0.3, 0.4) is 0 Å². The Morgan fingerprint density at radius 3 is 2.27 bits per heavy atom. The lowest BCUT2D eigenvalue weighted by Crippen LogP contribution is -2.15. The second-order valence-electron chi connectivity index (χ2n) is 1.71. The Morgan fingerprint density at radius 2 is 1.82 bits per heavy atom. The van der Waals surface area contributed by atoms with Crippen molar-refractivity contribution in [2.24, 2.45) is 0 Å². The second-order valence-corrected chi connectivity index (χ2v) is 1.71. The summed E-state index contributed by atoms with van der Waals surface area (Å²) in [6.45, 7) is 0. The van der Waals surface area contributed by atoms with Gasteiger partial charge in [-0.15, -0.1) is 0 Å². The summed E-state index contributed by atoms with van der Waals surface area (Å²) in [4.78, 5) is 27.6. The Balaban J connectivity index is 2.95. The average molecular weight is 152 g/mol. The molecule has 0 bridgehead atoms. The van der Waals surface area contributed by atoms with Crippen molar-refractivity contribution in [3.63, 3.8) is 0 Å². The number of ketones is 1. The number of nitrogens with zero attached hydrogens (tertiary/aromatic N) is 2. The highest BCUT2D eigenvalue weighted by molar-refractivity contribution is 6.38. The third kappa shape index (κ3) is 1.57. The van der Waals surface area contributed by atoms with Crippen LogP contribution in [0.25, 0.3) is 0 Å². The van der Waals surface area contributed by atoms with Crippen LogP contribution in [-0.4, -0.2) is 26.8 Å². The zero-order chi connectivity index (χ0) is 8.27. The molecule has 0 spiro atoms. The minimum atomic E-state index is -1.55. The largest absolute Gasteiger partial charge is 0.475 e. The van der Waals surface area contributed by atoms with E-state index >= 15 is 0 Å². The molecular formula is C6H4N2O3. The first kappa shape index (κ1) is 7.33. The van der Waals surface area contributed by atoms with Gasteiger partial charge in [0.05, 0.1) is 0 Å². The highest BCUT2D eigenvalue weighted by Gasteiger charge is 2.16. The summed E-state index contributed by atoms with van der Waals surface area (Å²) in [5, 5.41) is 8.21. The molecule has 0 radical (unpaired) electrons. The van der Waals surface area contributed by atoms with Crippen molar-refractivity contribution in [1.29, 1.82) is 0 Å². The van der Waals surface area contributed by atoms with Gasteiger partial charge in [0.2, 0.25) is 5.82 Å². The maximum absolute atomic E-state index is 10.6. The van der Waals surface area contributed by atoms with Crippen LogP contribution in [0, 0.1) is 0 Å². The van der Waals surface area contributed by atoms with Crippen LogP contribution in [-0.2, 0) is 4.79 Å². The van der Waals surface area contributed by atoms with E-state index in [2.05, 4.69) is 9.97 Å². The quantitative estimate of drug-likeness (QED) is 0.466. The number of carbonyl (C=O) groups excluding carboxylic acids is 1. The molecule has 11 heavy (non-hydrogen) atoms. The summed E-state index contributed by atoms with van der Waals surface area (Å²) in [5.74, 6) is -2.93. The molecule has 0 atom stereocenters. The summed E-state index contributed by atoms with van der Waals surface area (Å²) in [6.07, 6.45) is 2.62. The van der Waals surface area contributed by atoms with Gasteiger partial charge in [-0.1, -0.05) is 0 Å². The highest BCUT2D eigenvalue weighted by Crippen LogP contribution is 1.88. The highest BCUT2D eigenvalue weighted by atomic mass is 16.4. The fourth-order valence-corrected chi connectivity index (χ4v) is 0.512. The zero-order valence-corrected chi connectivity index (χ0v) is 5.39. The maximum Gasteiger partial charge on any atom is 0.380 e. The molecule has 1 N–H and O–H groups in total. The van der Waals surface area contributed by atoms with E-state index in [4.69, 9.17) is 5.11 Å². The van der Waals surface area contributed by atoms with Crippen LogP contribution in [0.2, 0.25) is 0 Å². The van der Waals surface area contributed by atoms with E-state index in [1.54, 1.807) is 0 Å². The van der Waals surface area contributed by atoms with E-state index in [1.807, 2.05) is 0 Å². The van der Waals surface area contributed by atoms with Crippen LogP contribution in [0.5, 0.6) is 0 Å². The molecule has 0 aliphatic carbocycles. The topological polar surface area (TPSA) is 80.1 Å². The molecule has 56 valence electrons. The number of aromatic nitrogens is 2. The normalized spacial score (nSPS) is 9.09. The van der Waals surface area contributed by atoms with E-state index < -0.39 is 11.8 Å². The zero-order valence-electron chi connectivity index (χ0n) is 5.39. The molecule has 0 aromatic carbocycles. The first-order valence-corrected chi connectivity index (χ1v) is 2.76. The van der Waals surface area contributed by atoms with E-state index in [1.165, 1.54) is 18.5 Å². The lowest BCUT2D eigenvalue weighted by molar-refractivity contribution is -0.131. The number of Topliss-reactive ketones (excluding diaryl/α,β-unsaturated/α-hetero) is 1. The smallest absolute Gasteiger partial charge is 0.380 e. The van der Waals surface area contributed by atoms with Crippen molar-refractivity contribution < 1.29 is 14.7 Å². The summed E-state index contributed by atoms with van der Waals surface area (Å²) in [6, 6.07) is 1.50. The number of carbonyl (C=O) groups is 2. The maximum atomic E-state index is 10.6. The van der Waals surface area contributed by atoms with Crippen LogP contribution < -0.4 is 0 Å². The lowest BCUT2D eigenvalue weighted by atomic mass is 10.4. The van der Waals surface area contributed by atoms with E-state index in [-0.39, 0.29) is 5.82 Å². The molecule has 0 unspecified atom stereocenters. The molecule has 1 aromatic heterocycles. The molecule has 5 heteroatoms. The average Bonchev–Trinajstić information content (AvgIpc) is 2.05. The number of carboxylic acid groups (broad SMARTS) is 1. The third-order valence-corrected chi connectivity index (χ3v) is 0.963. The Bertz CT molecular complexity index is 283. The number of hydrogen-bond donors (Lipinski definition) is 1. The molecule has 0 saturated heterocycles. The predicted molar refractivity (Wildman–Crippen MR) is 34.0 cm³/mol. The SMILES string of the molecule is O=C(O)C(=O)c1ncccn1. The second kappa shape index (κ2) is 2.87. The Morgan fingerprint density at radius 1 is 1.27 bits per heavy atom. The Kier molecular flexibility index (Phi) is 1.91. The molecule has 0 aliphatic rings. The molecule has 0 saturated carbocycles.